The Labute approximate surface area is 226 Å². The van der Waals surface area contributed by atoms with Crippen molar-refractivity contribution < 1.29 is 19.2 Å². The number of aromatic nitrogens is 1. The zero-order valence-electron chi connectivity index (χ0n) is 23.2. The van der Waals surface area contributed by atoms with Gasteiger partial charge in [0.25, 0.3) is 0 Å². The standard InChI is InChI=1S/C33H40N2O3/c1-6-24-20-35-16-14-26(24)18-31(35)32(28-13-15-34-30-12-11-27(37-5)19-29(28)30)38-33(36)22(4)25-9-7-23(8-10-25)17-21(2)3/h6-13,15,19,21-22,24,26,31-32H,1,14,16-18,20H2,2-5H3/p+1/t22-,24-,26-,31+,32-/m0/s1. The molecule has 0 aliphatic carbocycles. The highest BCUT2D eigenvalue weighted by Gasteiger charge is 2.48. The second kappa shape index (κ2) is 11.3. The number of esters is 1. The summed E-state index contributed by atoms with van der Waals surface area (Å²) in [6, 6.07) is 16.6. The quantitative estimate of drug-likeness (QED) is 0.311. The molecule has 1 N–H and O–H groups in total. The lowest BCUT2D eigenvalue weighted by molar-refractivity contribution is -0.949. The van der Waals surface area contributed by atoms with E-state index in [4.69, 9.17) is 9.47 Å². The van der Waals surface area contributed by atoms with Crippen molar-refractivity contribution in [2.45, 2.75) is 58.1 Å². The fraction of sp³-hybridized carbons (Fsp3) is 0.455. The van der Waals surface area contributed by atoms with Crippen LogP contribution in [0.25, 0.3) is 10.9 Å². The van der Waals surface area contributed by atoms with E-state index in [1.807, 2.05) is 37.4 Å². The number of rotatable bonds is 9. The van der Waals surface area contributed by atoms with Crippen LogP contribution in [-0.2, 0) is 16.0 Å². The van der Waals surface area contributed by atoms with Gasteiger partial charge in [-0.25, -0.2) is 0 Å². The first-order valence-electron chi connectivity index (χ1n) is 14.1. The Morgan fingerprint density at radius 1 is 1.16 bits per heavy atom. The lowest BCUT2D eigenvalue weighted by atomic mass is 9.73. The number of ether oxygens (including phenoxy) is 2. The number of fused-ring (bicyclic) bond motifs is 4. The van der Waals surface area contributed by atoms with E-state index in [-0.39, 0.29) is 24.0 Å². The summed E-state index contributed by atoms with van der Waals surface area (Å²) in [5.41, 5.74) is 4.19. The van der Waals surface area contributed by atoms with Crippen LogP contribution in [0.5, 0.6) is 5.75 Å². The first-order valence-corrected chi connectivity index (χ1v) is 14.1. The van der Waals surface area contributed by atoms with Gasteiger partial charge >= 0.3 is 5.97 Å². The predicted molar refractivity (Wildman–Crippen MR) is 151 cm³/mol. The summed E-state index contributed by atoms with van der Waals surface area (Å²) in [5.74, 6) is 1.97. The van der Waals surface area contributed by atoms with E-state index in [2.05, 4.69) is 55.8 Å². The number of benzene rings is 2. The highest BCUT2D eigenvalue weighted by atomic mass is 16.5. The van der Waals surface area contributed by atoms with Crippen molar-refractivity contribution in [2.24, 2.45) is 17.8 Å². The lowest BCUT2D eigenvalue weighted by Gasteiger charge is -2.48. The first-order chi connectivity index (χ1) is 18.4. The fourth-order valence-corrected chi connectivity index (χ4v) is 6.55. The minimum absolute atomic E-state index is 0.179. The number of pyridine rings is 1. The molecule has 0 amide bonds. The van der Waals surface area contributed by atoms with Gasteiger partial charge in [0.1, 0.15) is 11.8 Å². The number of quaternary nitrogens is 1. The van der Waals surface area contributed by atoms with Gasteiger partial charge in [-0.05, 0) is 60.6 Å². The van der Waals surface area contributed by atoms with Gasteiger partial charge < -0.3 is 14.4 Å². The molecule has 6 rings (SSSR count). The van der Waals surface area contributed by atoms with E-state index in [1.54, 1.807) is 7.11 Å². The summed E-state index contributed by atoms with van der Waals surface area (Å²) in [7, 11) is 1.67. The van der Waals surface area contributed by atoms with Crippen LogP contribution in [0.4, 0.5) is 0 Å². The summed E-state index contributed by atoms with van der Waals surface area (Å²) in [4.78, 5) is 19.8. The third-order valence-corrected chi connectivity index (χ3v) is 8.70. The Morgan fingerprint density at radius 2 is 1.95 bits per heavy atom. The van der Waals surface area contributed by atoms with Crippen molar-refractivity contribution in [1.82, 2.24) is 4.98 Å². The molecule has 3 aromatic rings. The topological polar surface area (TPSA) is 52.9 Å². The van der Waals surface area contributed by atoms with E-state index in [0.29, 0.717) is 17.8 Å². The Balaban J connectivity index is 1.47. The Bertz CT molecular complexity index is 1290. The van der Waals surface area contributed by atoms with Crippen molar-refractivity contribution in [3.05, 3.63) is 84.1 Å². The Kier molecular flexibility index (Phi) is 7.85. The lowest BCUT2D eigenvalue weighted by Crippen LogP contribution is -3.20. The maximum atomic E-state index is 13.7. The van der Waals surface area contributed by atoms with Gasteiger partial charge in [-0.2, -0.15) is 0 Å². The molecule has 2 bridgehead atoms. The van der Waals surface area contributed by atoms with Crippen molar-refractivity contribution >= 4 is 16.9 Å². The molecule has 1 unspecified atom stereocenters. The molecular formula is C33H41N2O3+. The second-order valence-corrected chi connectivity index (χ2v) is 11.6. The zero-order valence-corrected chi connectivity index (χ0v) is 23.2. The molecule has 3 saturated heterocycles. The van der Waals surface area contributed by atoms with E-state index >= 15 is 0 Å². The van der Waals surface area contributed by atoms with Crippen molar-refractivity contribution in [1.29, 1.82) is 0 Å². The van der Waals surface area contributed by atoms with Crippen LogP contribution in [0, 0.1) is 17.8 Å². The minimum atomic E-state index is -0.355. The summed E-state index contributed by atoms with van der Waals surface area (Å²) in [6.07, 6.45) is 6.86. The van der Waals surface area contributed by atoms with Crippen LogP contribution in [-0.4, -0.2) is 37.2 Å². The number of carbonyl (C=O) groups excluding carboxylic acids is 1. The molecule has 3 aliphatic rings. The van der Waals surface area contributed by atoms with Gasteiger partial charge in [0.2, 0.25) is 0 Å². The molecule has 0 spiro atoms. The van der Waals surface area contributed by atoms with Crippen LogP contribution in [0.3, 0.4) is 0 Å². The molecule has 1 aromatic heterocycles. The summed E-state index contributed by atoms with van der Waals surface area (Å²) in [6.45, 7) is 12.6. The fourth-order valence-electron chi connectivity index (χ4n) is 6.55. The van der Waals surface area contributed by atoms with Crippen LogP contribution in [0.1, 0.15) is 62.3 Å². The monoisotopic (exact) mass is 513 g/mol. The van der Waals surface area contributed by atoms with Crippen LogP contribution in [0.15, 0.2) is 67.4 Å². The molecule has 200 valence electrons. The number of hydrogen-bond acceptors (Lipinski definition) is 4. The third-order valence-electron chi connectivity index (χ3n) is 8.70. The normalized spacial score (nSPS) is 24.2. The summed E-state index contributed by atoms with van der Waals surface area (Å²) in [5, 5.41) is 0.984. The van der Waals surface area contributed by atoms with Crippen molar-refractivity contribution in [3.8, 4) is 5.75 Å². The number of nitrogens with zero attached hydrogens (tertiary/aromatic N) is 1. The molecule has 2 aromatic carbocycles. The van der Waals surface area contributed by atoms with Gasteiger partial charge in [0.15, 0.2) is 6.10 Å². The highest BCUT2D eigenvalue weighted by molar-refractivity contribution is 5.85. The smallest absolute Gasteiger partial charge is 0.313 e. The Morgan fingerprint density at radius 3 is 2.61 bits per heavy atom. The summed E-state index contributed by atoms with van der Waals surface area (Å²) >= 11 is 0. The second-order valence-electron chi connectivity index (χ2n) is 11.6. The number of carbonyl (C=O) groups is 1. The van der Waals surface area contributed by atoms with Gasteiger partial charge in [-0.15, -0.1) is 6.58 Å². The number of methoxy groups -OCH3 is 1. The largest absolute Gasteiger partial charge is 0.497 e. The molecule has 3 aliphatic heterocycles. The van der Waals surface area contributed by atoms with Crippen LogP contribution >= 0.6 is 0 Å². The molecule has 6 atom stereocenters. The van der Waals surface area contributed by atoms with Gasteiger partial charge in [0, 0.05) is 35.9 Å². The molecule has 5 heteroatoms. The average Bonchev–Trinajstić information content (AvgIpc) is 2.95. The van der Waals surface area contributed by atoms with E-state index < -0.39 is 0 Å². The molecule has 38 heavy (non-hydrogen) atoms. The number of nitrogens with one attached hydrogen (secondary N) is 1. The van der Waals surface area contributed by atoms with E-state index in [9.17, 15) is 4.79 Å². The SMILES string of the molecule is C=C[C@H]1C[NH+]2CC[C@H]1C[C@@H]2[C@@H](OC(=O)[C@@H](C)c1ccc(CC(C)C)cc1)c1ccnc2ccc(OC)cc12. The molecule has 3 fully saturated rings. The minimum Gasteiger partial charge on any atom is -0.497 e. The van der Waals surface area contributed by atoms with Gasteiger partial charge in [-0.1, -0.05) is 44.2 Å². The van der Waals surface area contributed by atoms with Crippen molar-refractivity contribution in [3.63, 3.8) is 0 Å². The summed E-state index contributed by atoms with van der Waals surface area (Å²) < 4.78 is 12.1. The van der Waals surface area contributed by atoms with E-state index in [0.717, 1.165) is 53.7 Å². The maximum Gasteiger partial charge on any atom is 0.313 e. The van der Waals surface area contributed by atoms with Gasteiger partial charge in [-0.3, -0.25) is 9.78 Å². The van der Waals surface area contributed by atoms with Crippen LogP contribution in [0.2, 0.25) is 0 Å². The van der Waals surface area contributed by atoms with E-state index in [1.165, 1.54) is 16.9 Å². The molecule has 5 nitrogen and oxygen atoms in total. The molecule has 4 heterocycles. The Hall–Kier alpha value is -3.18. The third kappa shape index (κ3) is 5.35. The number of piperidine rings is 3. The molecular weight excluding hydrogens is 472 g/mol. The highest BCUT2D eigenvalue weighted by Crippen LogP contribution is 2.37. The van der Waals surface area contributed by atoms with Crippen molar-refractivity contribution in [2.75, 3.05) is 20.2 Å². The maximum absolute atomic E-state index is 13.7. The van der Waals surface area contributed by atoms with Crippen LogP contribution < -0.4 is 9.64 Å². The van der Waals surface area contributed by atoms with Gasteiger partial charge in [0.05, 0.1) is 31.6 Å². The molecule has 0 radical (unpaired) electrons. The first kappa shape index (κ1) is 26.4. The predicted octanol–water partition coefficient (Wildman–Crippen LogP) is 5.31. The zero-order chi connectivity index (χ0) is 26.8. The molecule has 0 saturated carbocycles. The average molecular weight is 514 g/mol. The number of hydrogen-bond donors (Lipinski definition) is 1.